The summed E-state index contributed by atoms with van der Waals surface area (Å²) in [7, 11) is 0. The Morgan fingerprint density at radius 1 is 1.24 bits per heavy atom. The lowest BCUT2D eigenvalue weighted by atomic mass is 10.2. The minimum atomic E-state index is -0.227. The van der Waals surface area contributed by atoms with Gasteiger partial charge in [0.05, 0.1) is 0 Å². The van der Waals surface area contributed by atoms with Crippen molar-refractivity contribution in [2.24, 2.45) is 0 Å². The van der Waals surface area contributed by atoms with Gasteiger partial charge in [-0.3, -0.25) is 14.6 Å². The molecule has 7 nitrogen and oxygen atoms in total. The van der Waals surface area contributed by atoms with Crippen LogP contribution in [0.25, 0.3) is 11.0 Å². The van der Waals surface area contributed by atoms with Crippen LogP contribution in [0.1, 0.15) is 23.2 Å². The molecule has 0 atom stereocenters. The van der Waals surface area contributed by atoms with Crippen LogP contribution in [0.4, 0.5) is 0 Å². The van der Waals surface area contributed by atoms with Gasteiger partial charge in [-0.15, -0.1) is 6.58 Å². The zero-order valence-electron chi connectivity index (χ0n) is 11.4. The Morgan fingerprint density at radius 3 is 2.81 bits per heavy atom. The van der Waals surface area contributed by atoms with Crippen molar-refractivity contribution in [2.45, 2.75) is 12.8 Å². The van der Waals surface area contributed by atoms with E-state index in [0.717, 1.165) is 6.42 Å². The third kappa shape index (κ3) is 2.37. The summed E-state index contributed by atoms with van der Waals surface area (Å²) in [5.41, 5.74) is 1.56. The highest BCUT2D eigenvalue weighted by atomic mass is 16.6. The molecule has 7 heteroatoms. The van der Waals surface area contributed by atoms with Gasteiger partial charge in [-0.1, -0.05) is 6.08 Å². The number of rotatable bonds is 3. The first-order valence-electron chi connectivity index (χ1n) is 6.66. The van der Waals surface area contributed by atoms with Crippen molar-refractivity contribution in [1.82, 2.24) is 20.3 Å². The first-order chi connectivity index (χ1) is 10.2. The monoisotopic (exact) mass is 286 g/mol. The molecule has 1 aromatic heterocycles. The Labute approximate surface area is 120 Å². The molecule has 21 heavy (non-hydrogen) atoms. The van der Waals surface area contributed by atoms with Crippen molar-refractivity contribution >= 4 is 22.8 Å². The van der Waals surface area contributed by atoms with Crippen LogP contribution >= 0.6 is 0 Å². The van der Waals surface area contributed by atoms with Gasteiger partial charge in [0, 0.05) is 25.1 Å². The Kier molecular flexibility index (Phi) is 3.39. The fourth-order valence-electron chi connectivity index (χ4n) is 2.38. The van der Waals surface area contributed by atoms with Gasteiger partial charge in [-0.05, 0) is 34.9 Å². The van der Waals surface area contributed by atoms with Crippen molar-refractivity contribution < 1.29 is 14.2 Å². The highest BCUT2D eigenvalue weighted by Crippen LogP contribution is 2.18. The molecule has 0 bridgehead atoms. The van der Waals surface area contributed by atoms with Crippen molar-refractivity contribution in [1.29, 1.82) is 0 Å². The molecule has 0 aliphatic carbocycles. The second-order valence-electron chi connectivity index (χ2n) is 4.76. The fraction of sp³-hybridized carbons (Fsp3) is 0.286. The van der Waals surface area contributed by atoms with E-state index in [4.69, 9.17) is 0 Å². The number of benzene rings is 1. The number of amides is 2. The standard InChI is InChI=1S/C14H14N4O3/c1-2-4-13(19)17-7-3-8-18(17)14(20)10-5-6-11-12(9-10)16-21-15-11/h2,5-6,9H,1,3-4,7-8H2. The molecule has 0 unspecified atom stereocenters. The largest absolute Gasteiger partial charge is 0.273 e. The van der Waals surface area contributed by atoms with Gasteiger partial charge in [0.25, 0.3) is 5.91 Å². The summed E-state index contributed by atoms with van der Waals surface area (Å²) in [5, 5.41) is 10.4. The Balaban J connectivity index is 1.86. The molecule has 1 aromatic carbocycles. The predicted octanol–water partition coefficient (Wildman–Crippen LogP) is 1.39. The fourth-order valence-corrected chi connectivity index (χ4v) is 2.38. The third-order valence-corrected chi connectivity index (χ3v) is 3.37. The van der Waals surface area contributed by atoms with E-state index in [2.05, 4.69) is 21.5 Å². The highest BCUT2D eigenvalue weighted by Gasteiger charge is 2.30. The molecular formula is C14H14N4O3. The molecular weight excluding hydrogens is 272 g/mol. The molecule has 1 aliphatic heterocycles. The molecule has 2 aromatic rings. The number of carbonyl (C=O) groups excluding carboxylic acids is 2. The van der Waals surface area contributed by atoms with Crippen LogP contribution < -0.4 is 0 Å². The zero-order valence-corrected chi connectivity index (χ0v) is 11.4. The number of fused-ring (bicyclic) bond motifs is 1. The normalized spacial score (nSPS) is 14.7. The number of hydrogen-bond acceptors (Lipinski definition) is 5. The van der Waals surface area contributed by atoms with E-state index >= 15 is 0 Å². The number of aromatic nitrogens is 2. The van der Waals surface area contributed by atoms with Crippen LogP contribution in [0.5, 0.6) is 0 Å². The van der Waals surface area contributed by atoms with Gasteiger partial charge >= 0.3 is 0 Å². The molecule has 108 valence electrons. The molecule has 0 N–H and O–H groups in total. The van der Waals surface area contributed by atoms with Crippen LogP contribution in [0, 0.1) is 0 Å². The number of nitrogens with zero attached hydrogens (tertiary/aromatic N) is 4. The number of hydrazine groups is 1. The predicted molar refractivity (Wildman–Crippen MR) is 74.0 cm³/mol. The molecule has 3 rings (SSSR count). The maximum atomic E-state index is 12.6. The lowest BCUT2D eigenvalue weighted by molar-refractivity contribution is -0.139. The van der Waals surface area contributed by atoms with Gasteiger partial charge in [0.15, 0.2) is 0 Å². The van der Waals surface area contributed by atoms with Gasteiger partial charge in [0.2, 0.25) is 5.91 Å². The van der Waals surface area contributed by atoms with Crippen LogP contribution in [0.15, 0.2) is 35.5 Å². The third-order valence-electron chi connectivity index (χ3n) is 3.37. The van der Waals surface area contributed by atoms with Crippen molar-refractivity contribution in [3.63, 3.8) is 0 Å². The van der Waals surface area contributed by atoms with Crippen molar-refractivity contribution in [3.05, 3.63) is 36.4 Å². The number of carbonyl (C=O) groups is 2. The van der Waals surface area contributed by atoms with Gasteiger partial charge in [-0.25, -0.2) is 9.64 Å². The van der Waals surface area contributed by atoms with Gasteiger partial charge in [-0.2, -0.15) is 0 Å². The van der Waals surface area contributed by atoms with Gasteiger partial charge in [0.1, 0.15) is 11.0 Å². The molecule has 2 heterocycles. The topological polar surface area (TPSA) is 79.5 Å². The van der Waals surface area contributed by atoms with E-state index in [-0.39, 0.29) is 18.2 Å². The average molecular weight is 286 g/mol. The Bertz CT molecular complexity index is 709. The summed E-state index contributed by atoms with van der Waals surface area (Å²) < 4.78 is 4.62. The summed E-state index contributed by atoms with van der Waals surface area (Å²) in [6.45, 7) is 4.62. The highest BCUT2D eigenvalue weighted by molar-refractivity contribution is 5.98. The maximum absolute atomic E-state index is 12.6. The van der Waals surface area contributed by atoms with E-state index in [1.54, 1.807) is 18.2 Å². The van der Waals surface area contributed by atoms with Crippen molar-refractivity contribution in [2.75, 3.05) is 13.1 Å². The van der Waals surface area contributed by atoms with E-state index < -0.39 is 0 Å². The number of hydrogen-bond donors (Lipinski definition) is 0. The first-order valence-corrected chi connectivity index (χ1v) is 6.66. The first kappa shape index (κ1) is 13.3. The molecule has 0 spiro atoms. The molecule has 1 saturated heterocycles. The summed E-state index contributed by atoms with van der Waals surface area (Å²) in [5.74, 6) is -0.352. The maximum Gasteiger partial charge on any atom is 0.272 e. The van der Waals surface area contributed by atoms with Crippen molar-refractivity contribution in [3.8, 4) is 0 Å². The summed E-state index contributed by atoms with van der Waals surface area (Å²) in [6.07, 6.45) is 2.52. The quantitative estimate of drug-likeness (QED) is 0.797. The Morgan fingerprint density at radius 2 is 2.00 bits per heavy atom. The zero-order chi connectivity index (χ0) is 14.8. The average Bonchev–Trinajstić information content (AvgIpc) is 3.14. The summed E-state index contributed by atoms with van der Waals surface area (Å²) >= 11 is 0. The molecule has 0 saturated carbocycles. The molecule has 1 aliphatic rings. The summed E-state index contributed by atoms with van der Waals surface area (Å²) in [4.78, 5) is 24.5. The smallest absolute Gasteiger partial charge is 0.272 e. The summed E-state index contributed by atoms with van der Waals surface area (Å²) in [6, 6.07) is 4.94. The van der Waals surface area contributed by atoms with E-state index in [9.17, 15) is 9.59 Å². The van der Waals surface area contributed by atoms with Crippen LogP contribution in [-0.2, 0) is 4.79 Å². The lowest BCUT2D eigenvalue weighted by Crippen LogP contribution is -2.44. The molecule has 1 fully saturated rings. The molecule has 0 radical (unpaired) electrons. The SMILES string of the molecule is C=CCC(=O)N1CCCN1C(=O)c1ccc2nonc2c1. The minimum Gasteiger partial charge on any atom is -0.273 e. The van der Waals surface area contributed by atoms with Crippen LogP contribution in [0.3, 0.4) is 0 Å². The van der Waals surface area contributed by atoms with E-state index in [1.807, 2.05) is 0 Å². The second-order valence-corrected chi connectivity index (χ2v) is 4.76. The second kappa shape index (κ2) is 5.35. The van der Waals surface area contributed by atoms with Crippen LogP contribution in [-0.4, -0.2) is 45.2 Å². The Hall–Kier alpha value is -2.70. The van der Waals surface area contributed by atoms with Gasteiger partial charge < -0.3 is 0 Å². The minimum absolute atomic E-state index is 0.125. The lowest BCUT2D eigenvalue weighted by Gasteiger charge is -2.27. The van der Waals surface area contributed by atoms with E-state index in [1.165, 1.54) is 16.1 Å². The van der Waals surface area contributed by atoms with Crippen LogP contribution in [0.2, 0.25) is 0 Å². The van der Waals surface area contributed by atoms with E-state index in [0.29, 0.717) is 29.7 Å². The molecule has 2 amide bonds.